The normalized spacial score (nSPS) is 13.1. The summed E-state index contributed by atoms with van der Waals surface area (Å²) in [5, 5.41) is 2.81. The van der Waals surface area contributed by atoms with E-state index in [0.29, 0.717) is 24.4 Å². The molecular weight excluding hydrogens is 300 g/mol. The van der Waals surface area contributed by atoms with Crippen LogP contribution in [0.5, 0.6) is 0 Å². The molecule has 0 spiro atoms. The van der Waals surface area contributed by atoms with Crippen molar-refractivity contribution < 1.29 is 13.2 Å². The molecule has 1 aromatic carbocycles. The van der Waals surface area contributed by atoms with E-state index in [1.165, 1.54) is 12.1 Å². The fraction of sp³-hybridized carbons (Fsp3) is 0.562. The average Bonchev–Trinajstić information content (AvgIpc) is 2.46. The molecule has 6 heteroatoms. The SMILES string of the molecule is CCC(C)NS(=O)(=O)c1cccc(C(=O)NCCC(C)C)c1. The highest BCUT2D eigenvalue weighted by molar-refractivity contribution is 7.89. The molecule has 0 aliphatic carbocycles. The van der Waals surface area contributed by atoms with Gasteiger partial charge in [0.15, 0.2) is 0 Å². The minimum absolute atomic E-state index is 0.115. The van der Waals surface area contributed by atoms with E-state index in [4.69, 9.17) is 0 Å². The Balaban J connectivity index is 2.83. The minimum atomic E-state index is -3.59. The quantitative estimate of drug-likeness (QED) is 0.771. The Kier molecular flexibility index (Phi) is 7.03. The molecule has 0 saturated heterocycles. The average molecular weight is 326 g/mol. The first-order valence-corrected chi connectivity index (χ1v) is 9.15. The van der Waals surface area contributed by atoms with Crippen LogP contribution in [0.4, 0.5) is 0 Å². The summed E-state index contributed by atoms with van der Waals surface area (Å²) in [6, 6.07) is 5.97. The first kappa shape index (κ1) is 18.6. The Hall–Kier alpha value is -1.40. The minimum Gasteiger partial charge on any atom is -0.352 e. The van der Waals surface area contributed by atoms with E-state index in [-0.39, 0.29) is 16.8 Å². The molecule has 0 fully saturated rings. The van der Waals surface area contributed by atoms with Gasteiger partial charge in [0.05, 0.1) is 4.90 Å². The monoisotopic (exact) mass is 326 g/mol. The molecule has 0 bridgehead atoms. The first-order valence-electron chi connectivity index (χ1n) is 7.66. The molecule has 0 aromatic heterocycles. The molecule has 0 saturated carbocycles. The summed E-state index contributed by atoms with van der Waals surface area (Å²) in [6.07, 6.45) is 1.59. The number of rotatable bonds is 8. The number of benzene rings is 1. The van der Waals surface area contributed by atoms with Gasteiger partial charge in [0.1, 0.15) is 0 Å². The smallest absolute Gasteiger partial charge is 0.251 e. The van der Waals surface area contributed by atoms with Gasteiger partial charge >= 0.3 is 0 Å². The Labute approximate surface area is 133 Å². The lowest BCUT2D eigenvalue weighted by Crippen LogP contribution is -2.32. The predicted molar refractivity (Wildman–Crippen MR) is 88.3 cm³/mol. The van der Waals surface area contributed by atoms with Gasteiger partial charge in [-0.2, -0.15) is 0 Å². The third kappa shape index (κ3) is 5.77. The van der Waals surface area contributed by atoms with Crippen LogP contribution in [-0.4, -0.2) is 26.9 Å². The highest BCUT2D eigenvalue weighted by Crippen LogP contribution is 2.12. The van der Waals surface area contributed by atoms with Gasteiger partial charge in [-0.25, -0.2) is 13.1 Å². The molecule has 1 atom stereocenters. The molecule has 124 valence electrons. The van der Waals surface area contributed by atoms with Crippen molar-refractivity contribution in [3.8, 4) is 0 Å². The van der Waals surface area contributed by atoms with Gasteiger partial charge in [-0.05, 0) is 43.9 Å². The lowest BCUT2D eigenvalue weighted by atomic mass is 10.1. The van der Waals surface area contributed by atoms with Gasteiger partial charge in [0.2, 0.25) is 10.0 Å². The second kappa shape index (κ2) is 8.29. The van der Waals surface area contributed by atoms with Crippen LogP contribution < -0.4 is 10.0 Å². The molecule has 2 N–H and O–H groups in total. The maximum absolute atomic E-state index is 12.2. The van der Waals surface area contributed by atoms with Crippen LogP contribution in [0.15, 0.2) is 29.2 Å². The summed E-state index contributed by atoms with van der Waals surface area (Å²) in [6.45, 7) is 8.46. The molecule has 0 aliphatic rings. The number of nitrogens with one attached hydrogen (secondary N) is 2. The lowest BCUT2D eigenvalue weighted by molar-refractivity contribution is 0.0952. The number of hydrogen-bond acceptors (Lipinski definition) is 3. The Morgan fingerprint density at radius 2 is 1.91 bits per heavy atom. The topological polar surface area (TPSA) is 75.3 Å². The second-order valence-corrected chi connectivity index (χ2v) is 7.61. The maximum Gasteiger partial charge on any atom is 0.251 e. The van der Waals surface area contributed by atoms with Crippen LogP contribution in [0.25, 0.3) is 0 Å². The zero-order valence-electron chi connectivity index (χ0n) is 13.7. The molecule has 0 aliphatic heterocycles. The van der Waals surface area contributed by atoms with Crippen LogP contribution in [0.2, 0.25) is 0 Å². The summed E-state index contributed by atoms with van der Waals surface area (Å²) in [5.41, 5.74) is 0.357. The predicted octanol–water partition coefficient (Wildman–Crippen LogP) is 2.54. The van der Waals surface area contributed by atoms with Gasteiger partial charge in [-0.3, -0.25) is 4.79 Å². The van der Waals surface area contributed by atoms with Gasteiger partial charge in [0, 0.05) is 18.2 Å². The van der Waals surface area contributed by atoms with Gasteiger partial charge in [0.25, 0.3) is 5.91 Å². The molecule has 0 heterocycles. The summed E-state index contributed by atoms with van der Waals surface area (Å²) >= 11 is 0. The fourth-order valence-electron chi connectivity index (χ4n) is 1.80. The zero-order chi connectivity index (χ0) is 16.8. The van der Waals surface area contributed by atoms with Gasteiger partial charge in [-0.1, -0.05) is 26.8 Å². The van der Waals surface area contributed by atoms with E-state index in [1.807, 2.05) is 6.92 Å². The Morgan fingerprint density at radius 1 is 1.23 bits per heavy atom. The summed E-state index contributed by atoms with van der Waals surface area (Å²) in [7, 11) is -3.59. The summed E-state index contributed by atoms with van der Waals surface area (Å²) in [5.74, 6) is 0.257. The summed E-state index contributed by atoms with van der Waals surface area (Å²) in [4.78, 5) is 12.2. The second-order valence-electron chi connectivity index (χ2n) is 5.90. The number of hydrogen-bond donors (Lipinski definition) is 2. The van der Waals surface area contributed by atoms with Crippen molar-refractivity contribution in [2.75, 3.05) is 6.54 Å². The van der Waals surface area contributed by atoms with Crippen LogP contribution in [0.3, 0.4) is 0 Å². The van der Waals surface area contributed by atoms with Crippen molar-refractivity contribution in [3.63, 3.8) is 0 Å². The van der Waals surface area contributed by atoms with E-state index in [9.17, 15) is 13.2 Å². The van der Waals surface area contributed by atoms with Crippen molar-refractivity contribution in [2.45, 2.75) is 51.5 Å². The van der Waals surface area contributed by atoms with E-state index in [0.717, 1.165) is 6.42 Å². The van der Waals surface area contributed by atoms with Crippen molar-refractivity contribution in [1.29, 1.82) is 0 Å². The lowest BCUT2D eigenvalue weighted by Gasteiger charge is -2.13. The van der Waals surface area contributed by atoms with Crippen molar-refractivity contribution in [2.24, 2.45) is 5.92 Å². The number of amides is 1. The molecular formula is C16H26N2O3S. The third-order valence-corrected chi connectivity index (χ3v) is 4.97. The fourth-order valence-corrected chi connectivity index (χ4v) is 3.17. The molecule has 22 heavy (non-hydrogen) atoms. The van der Waals surface area contributed by atoms with Crippen LogP contribution in [-0.2, 0) is 10.0 Å². The Morgan fingerprint density at radius 3 is 2.50 bits per heavy atom. The van der Waals surface area contributed by atoms with Crippen molar-refractivity contribution in [3.05, 3.63) is 29.8 Å². The standard InChI is InChI=1S/C16H26N2O3S/c1-5-13(4)18-22(20,21)15-8-6-7-14(11-15)16(19)17-10-9-12(2)3/h6-8,11-13,18H,5,9-10H2,1-4H3,(H,17,19). The summed E-state index contributed by atoms with van der Waals surface area (Å²) < 4.78 is 27.1. The first-order chi connectivity index (χ1) is 10.3. The molecule has 5 nitrogen and oxygen atoms in total. The van der Waals surface area contributed by atoms with Crippen molar-refractivity contribution >= 4 is 15.9 Å². The number of sulfonamides is 1. The molecule has 1 unspecified atom stereocenters. The number of carbonyl (C=O) groups excluding carboxylic acids is 1. The highest BCUT2D eigenvalue weighted by atomic mass is 32.2. The molecule has 1 aromatic rings. The van der Waals surface area contributed by atoms with Gasteiger partial charge < -0.3 is 5.32 Å². The Bertz CT molecular complexity index is 597. The highest BCUT2D eigenvalue weighted by Gasteiger charge is 2.18. The van der Waals surface area contributed by atoms with Crippen LogP contribution in [0, 0.1) is 5.92 Å². The number of carbonyl (C=O) groups is 1. The third-order valence-electron chi connectivity index (χ3n) is 3.38. The van der Waals surface area contributed by atoms with Crippen molar-refractivity contribution in [1.82, 2.24) is 10.0 Å². The maximum atomic E-state index is 12.2. The van der Waals surface area contributed by atoms with E-state index in [2.05, 4.69) is 23.9 Å². The van der Waals surface area contributed by atoms with E-state index >= 15 is 0 Å². The molecule has 0 radical (unpaired) electrons. The van der Waals surface area contributed by atoms with Crippen LogP contribution in [0.1, 0.15) is 50.9 Å². The van der Waals surface area contributed by atoms with Crippen LogP contribution >= 0.6 is 0 Å². The van der Waals surface area contributed by atoms with Gasteiger partial charge in [-0.15, -0.1) is 0 Å². The van der Waals surface area contributed by atoms with E-state index < -0.39 is 10.0 Å². The van der Waals surface area contributed by atoms with E-state index in [1.54, 1.807) is 19.1 Å². The molecule has 1 rings (SSSR count). The molecule has 1 amide bonds. The zero-order valence-corrected chi connectivity index (χ0v) is 14.5. The largest absolute Gasteiger partial charge is 0.352 e.